The first-order valence-electron chi connectivity index (χ1n) is 7.43. The molecule has 3 rings (SSSR count). The third kappa shape index (κ3) is 2.60. The van der Waals surface area contributed by atoms with Crippen LogP contribution in [0, 0.1) is 0 Å². The Bertz CT molecular complexity index is 485. The predicted molar refractivity (Wildman–Crippen MR) is 74.8 cm³/mol. The zero-order valence-corrected chi connectivity index (χ0v) is 11.9. The van der Waals surface area contributed by atoms with Crippen LogP contribution in [0.1, 0.15) is 42.3 Å². The Morgan fingerprint density at radius 1 is 1.45 bits per heavy atom. The molecule has 0 aliphatic carbocycles. The van der Waals surface area contributed by atoms with Crippen LogP contribution in [0.5, 0.6) is 0 Å². The quantitative estimate of drug-likeness (QED) is 0.917. The number of aromatic carboxylic acids is 1. The fourth-order valence-electron chi connectivity index (χ4n) is 3.50. The summed E-state index contributed by atoms with van der Waals surface area (Å²) in [6.07, 6.45) is 5.37. The van der Waals surface area contributed by atoms with Gasteiger partial charge in [0, 0.05) is 37.3 Å². The number of hydrogen-bond acceptors (Lipinski definition) is 4. The van der Waals surface area contributed by atoms with Crippen LogP contribution in [0.25, 0.3) is 0 Å². The van der Waals surface area contributed by atoms with E-state index < -0.39 is 5.97 Å². The molecule has 0 saturated carbocycles. The van der Waals surface area contributed by atoms with E-state index in [0.29, 0.717) is 18.6 Å². The van der Waals surface area contributed by atoms with Crippen LogP contribution >= 0.6 is 0 Å². The largest absolute Gasteiger partial charge is 0.475 e. The summed E-state index contributed by atoms with van der Waals surface area (Å²) in [4.78, 5) is 16.1. The van der Waals surface area contributed by atoms with Crippen molar-refractivity contribution in [2.45, 2.75) is 44.8 Å². The molecule has 2 saturated heterocycles. The third-order valence-corrected chi connectivity index (χ3v) is 4.63. The standard InChI is InChI=1S/C15H22N2O3/c1-11-8-16-6-3-2-4-13(16)10-17(11)9-12-5-7-20-14(12)15(18)19/h5,7,11,13H,2-4,6,8-10H2,1H3,(H,18,19). The van der Waals surface area contributed by atoms with Gasteiger partial charge in [-0.25, -0.2) is 4.79 Å². The Morgan fingerprint density at radius 2 is 2.30 bits per heavy atom. The van der Waals surface area contributed by atoms with E-state index in [0.717, 1.165) is 18.7 Å². The zero-order valence-electron chi connectivity index (χ0n) is 11.9. The third-order valence-electron chi connectivity index (χ3n) is 4.63. The molecule has 2 unspecified atom stereocenters. The molecule has 1 aromatic rings. The second-order valence-corrected chi connectivity index (χ2v) is 6.00. The first kappa shape index (κ1) is 13.6. The van der Waals surface area contributed by atoms with E-state index in [1.807, 2.05) is 0 Å². The molecule has 3 heterocycles. The molecular weight excluding hydrogens is 256 g/mol. The summed E-state index contributed by atoms with van der Waals surface area (Å²) in [5.74, 6) is -0.891. The smallest absolute Gasteiger partial charge is 0.372 e. The fraction of sp³-hybridized carbons (Fsp3) is 0.667. The lowest BCUT2D eigenvalue weighted by Gasteiger charge is -2.47. The number of piperidine rings is 1. The Labute approximate surface area is 119 Å². The van der Waals surface area contributed by atoms with Crippen molar-refractivity contribution < 1.29 is 14.3 Å². The summed E-state index contributed by atoms with van der Waals surface area (Å²) in [5, 5.41) is 9.12. The Morgan fingerprint density at radius 3 is 3.10 bits per heavy atom. The summed E-state index contributed by atoms with van der Waals surface area (Å²) in [5.41, 5.74) is 0.786. The van der Waals surface area contributed by atoms with Crippen LogP contribution in [0.4, 0.5) is 0 Å². The summed E-state index contributed by atoms with van der Waals surface area (Å²) in [6, 6.07) is 2.88. The number of carboxylic acid groups (broad SMARTS) is 1. The van der Waals surface area contributed by atoms with Crippen molar-refractivity contribution in [2.75, 3.05) is 19.6 Å². The summed E-state index contributed by atoms with van der Waals surface area (Å²) in [6.45, 7) is 6.24. The van der Waals surface area contributed by atoms with E-state index in [-0.39, 0.29) is 5.76 Å². The molecule has 0 bridgehead atoms. The van der Waals surface area contributed by atoms with E-state index in [9.17, 15) is 4.79 Å². The van der Waals surface area contributed by atoms with E-state index in [1.54, 1.807) is 6.07 Å². The van der Waals surface area contributed by atoms with E-state index >= 15 is 0 Å². The van der Waals surface area contributed by atoms with Crippen LogP contribution < -0.4 is 0 Å². The summed E-state index contributed by atoms with van der Waals surface area (Å²) in [7, 11) is 0. The Kier molecular flexibility index (Phi) is 3.81. The van der Waals surface area contributed by atoms with Crippen LogP contribution in [-0.2, 0) is 6.54 Å². The number of piperazine rings is 1. The van der Waals surface area contributed by atoms with Gasteiger partial charge in [0.15, 0.2) is 0 Å². The lowest BCUT2D eigenvalue weighted by molar-refractivity contribution is 0.0107. The molecule has 2 aliphatic heterocycles. The van der Waals surface area contributed by atoms with Gasteiger partial charge in [-0.2, -0.15) is 0 Å². The maximum Gasteiger partial charge on any atom is 0.372 e. The molecule has 2 fully saturated rings. The Balaban J connectivity index is 1.70. The van der Waals surface area contributed by atoms with Crippen LogP contribution in [0.15, 0.2) is 16.7 Å². The van der Waals surface area contributed by atoms with Crippen molar-refractivity contribution >= 4 is 5.97 Å². The molecule has 20 heavy (non-hydrogen) atoms. The Hall–Kier alpha value is -1.33. The van der Waals surface area contributed by atoms with Crippen LogP contribution in [0.2, 0.25) is 0 Å². The van der Waals surface area contributed by atoms with Gasteiger partial charge in [-0.3, -0.25) is 9.80 Å². The highest BCUT2D eigenvalue weighted by Gasteiger charge is 2.33. The minimum Gasteiger partial charge on any atom is -0.475 e. The highest BCUT2D eigenvalue weighted by molar-refractivity contribution is 5.86. The molecule has 0 spiro atoms. The molecule has 0 radical (unpaired) electrons. The maximum atomic E-state index is 11.1. The van der Waals surface area contributed by atoms with Gasteiger partial charge in [-0.15, -0.1) is 0 Å². The average Bonchev–Trinajstić information content (AvgIpc) is 2.88. The molecule has 5 nitrogen and oxygen atoms in total. The molecule has 0 amide bonds. The predicted octanol–water partition coefficient (Wildman–Crippen LogP) is 2.04. The number of furan rings is 1. The average molecular weight is 278 g/mol. The van der Waals surface area contributed by atoms with Crippen molar-refractivity contribution in [3.05, 3.63) is 23.7 Å². The van der Waals surface area contributed by atoms with Gasteiger partial charge < -0.3 is 9.52 Å². The number of rotatable bonds is 3. The molecule has 5 heteroatoms. The van der Waals surface area contributed by atoms with E-state index in [2.05, 4.69) is 16.7 Å². The van der Waals surface area contributed by atoms with Gasteiger partial charge in [0.25, 0.3) is 0 Å². The minimum atomic E-state index is -0.978. The lowest BCUT2D eigenvalue weighted by Crippen LogP contribution is -2.58. The fourth-order valence-corrected chi connectivity index (χ4v) is 3.50. The number of fused-ring (bicyclic) bond motifs is 1. The number of nitrogens with zero attached hydrogens (tertiary/aromatic N) is 2. The van der Waals surface area contributed by atoms with Crippen LogP contribution in [-0.4, -0.2) is 52.6 Å². The van der Waals surface area contributed by atoms with Gasteiger partial charge in [0.1, 0.15) is 0 Å². The van der Waals surface area contributed by atoms with E-state index in [4.69, 9.17) is 9.52 Å². The van der Waals surface area contributed by atoms with Crippen molar-refractivity contribution in [3.8, 4) is 0 Å². The van der Waals surface area contributed by atoms with Gasteiger partial charge in [0.2, 0.25) is 5.76 Å². The highest BCUT2D eigenvalue weighted by Crippen LogP contribution is 2.26. The highest BCUT2D eigenvalue weighted by atomic mass is 16.4. The molecule has 2 aliphatic rings. The van der Waals surface area contributed by atoms with Crippen molar-refractivity contribution in [2.24, 2.45) is 0 Å². The summed E-state index contributed by atoms with van der Waals surface area (Å²) < 4.78 is 5.07. The second kappa shape index (κ2) is 5.58. The first-order chi connectivity index (χ1) is 9.65. The normalized spacial score (nSPS) is 28.2. The second-order valence-electron chi connectivity index (χ2n) is 6.00. The van der Waals surface area contributed by atoms with Crippen molar-refractivity contribution in [3.63, 3.8) is 0 Å². The lowest BCUT2D eigenvalue weighted by atomic mass is 9.97. The van der Waals surface area contributed by atoms with Crippen LogP contribution in [0.3, 0.4) is 0 Å². The minimum absolute atomic E-state index is 0.0864. The molecule has 2 atom stereocenters. The summed E-state index contributed by atoms with van der Waals surface area (Å²) >= 11 is 0. The monoisotopic (exact) mass is 278 g/mol. The van der Waals surface area contributed by atoms with Gasteiger partial charge in [0.05, 0.1) is 6.26 Å². The first-order valence-corrected chi connectivity index (χ1v) is 7.43. The molecule has 110 valence electrons. The number of carboxylic acids is 1. The number of hydrogen-bond donors (Lipinski definition) is 1. The van der Waals surface area contributed by atoms with Gasteiger partial charge in [-0.1, -0.05) is 6.42 Å². The van der Waals surface area contributed by atoms with Crippen molar-refractivity contribution in [1.29, 1.82) is 0 Å². The topological polar surface area (TPSA) is 56.9 Å². The SMILES string of the molecule is CC1CN2CCCCC2CN1Cc1ccoc1C(=O)O. The number of carbonyl (C=O) groups is 1. The molecule has 1 aromatic heterocycles. The maximum absolute atomic E-state index is 11.1. The van der Waals surface area contributed by atoms with Gasteiger partial charge >= 0.3 is 5.97 Å². The molecular formula is C15H22N2O3. The molecule has 1 N–H and O–H groups in total. The van der Waals surface area contributed by atoms with E-state index in [1.165, 1.54) is 32.1 Å². The molecule has 0 aromatic carbocycles. The van der Waals surface area contributed by atoms with Crippen molar-refractivity contribution in [1.82, 2.24) is 9.80 Å². The zero-order chi connectivity index (χ0) is 14.1. The van der Waals surface area contributed by atoms with Gasteiger partial charge in [-0.05, 0) is 32.4 Å².